The standard InChI is InChI=1S/C25H33N5O3/c1-4-17-11-13-19(14-12-17)26-22(31)20-15-21-23(32)29(3)25(2,16-30(21)28-20)24(33)27-18-9-7-5-6-8-10-18/h11-15,18H,4-10,16H2,1-3H3,(H,26,31)(H,27,33)/t25-/m0/s1. The Morgan fingerprint density at radius 2 is 1.79 bits per heavy atom. The van der Waals surface area contributed by atoms with Crippen LogP contribution in [0.4, 0.5) is 5.69 Å². The highest BCUT2D eigenvalue weighted by Gasteiger charge is 2.46. The van der Waals surface area contributed by atoms with Gasteiger partial charge in [-0.25, -0.2) is 0 Å². The summed E-state index contributed by atoms with van der Waals surface area (Å²) in [7, 11) is 1.64. The van der Waals surface area contributed by atoms with Gasteiger partial charge in [-0.15, -0.1) is 0 Å². The van der Waals surface area contributed by atoms with E-state index in [1.54, 1.807) is 14.0 Å². The third-order valence-corrected chi connectivity index (χ3v) is 7.03. The van der Waals surface area contributed by atoms with E-state index in [0.717, 1.165) is 32.1 Å². The molecule has 176 valence electrons. The number of anilines is 1. The molecule has 2 aromatic rings. The van der Waals surface area contributed by atoms with Crippen LogP contribution < -0.4 is 10.6 Å². The van der Waals surface area contributed by atoms with Gasteiger partial charge in [0.2, 0.25) is 5.91 Å². The van der Waals surface area contributed by atoms with E-state index in [2.05, 4.69) is 22.7 Å². The van der Waals surface area contributed by atoms with Crippen LogP contribution >= 0.6 is 0 Å². The van der Waals surface area contributed by atoms with Crippen LogP contribution in [0.15, 0.2) is 30.3 Å². The molecule has 1 atom stereocenters. The molecule has 3 amide bonds. The molecule has 33 heavy (non-hydrogen) atoms. The molecule has 0 bridgehead atoms. The first-order valence-electron chi connectivity index (χ1n) is 11.9. The average Bonchev–Trinajstić information content (AvgIpc) is 3.06. The van der Waals surface area contributed by atoms with Crippen LogP contribution in [0.2, 0.25) is 0 Å². The zero-order valence-corrected chi connectivity index (χ0v) is 19.7. The maximum Gasteiger partial charge on any atom is 0.276 e. The van der Waals surface area contributed by atoms with Gasteiger partial charge in [0, 0.05) is 24.8 Å². The molecule has 1 aliphatic carbocycles. The Bertz CT molecular complexity index is 1040. The predicted molar refractivity (Wildman–Crippen MR) is 126 cm³/mol. The first-order valence-corrected chi connectivity index (χ1v) is 11.9. The van der Waals surface area contributed by atoms with Gasteiger partial charge in [0.25, 0.3) is 11.8 Å². The molecule has 0 spiro atoms. The SMILES string of the molecule is CCc1ccc(NC(=O)c2cc3n(n2)C[C@@](C)(C(=O)NC2CCCCCC2)N(C)C3=O)cc1. The van der Waals surface area contributed by atoms with Gasteiger partial charge in [0.05, 0.1) is 6.54 Å². The number of hydrogen-bond donors (Lipinski definition) is 2. The van der Waals surface area contributed by atoms with E-state index in [-0.39, 0.29) is 36.0 Å². The zero-order chi connectivity index (χ0) is 23.6. The molecule has 2 N–H and O–H groups in total. The molecule has 1 fully saturated rings. The van der Waals surface area contributed by atoms with E-state index in [9.17, 15) is 14.4 Å². The van der Waals surface area contributed by atoms with E-state index in [4.69, 9.17) is 0 Å². The molecular formula is C25H33N5O3. The first kappa shape index (κ1) is 23.0. The van der Waals surface area contributed by atoms with Crippen LogP contribution in [0.25, 0.3) is 0 Å². The second-order valence-electron chi connectivity index (χ2n) is 9.38. The highest BCUT2D eigenvalue weighted by atomic mass is 16.2. The summed E-state index contributed by atoms with van der Waals surface area (Å²) >= 11 is 0. The number of rotatable bonds is 5. The molecule has 0 saturated heterocycles. The number of aryl methyl sites for hydroxylation is 1. The van der Waals surface area contributed by atoms with Gasteiger partial charge in [0.15, 0.2) is 5.69 Å². The smallest absolute Gasteiger partial charge is 0.276 e. The van der Waals surface area contributed by atoms with E-state index in [1.807, 2.05) is 24.3 Å². The van der Waals surface area contributed by atoms with Gasteiger partial charge in [-0.1, -0.05) is 44.7 Å². The largest absolute Gasteiger partial charge is 0.351 e. The van der Waals surface area contributed by atoms with E-state index >= 15 is 0 Å². The lowest BCUT2D eigenvalue weighted by molar-refractivity contribution is -0.133. The molecule has 1 aromatic heterocycles. The van der Waals surface area contributed by atoms with Crippen LogP contribution in [0, 0.1) is 0 Å². The van der Waals surface area contributed by atoms with Gasteiger partial charge in [-0.3, -0.25) is 19.1 Å². The Balaban J connectivity index is 1.50. The fourth-order valence-electron chi connectivity index (χ4n) is 4.62. The Hall–Kier alpha value is -3.16. The normalized spacial score (nSPS) is 21.3. The number of carbonyl (C=O) groups is 3. The van der Waals surface area contributed by atoms with Crippen molar-refractivity contribution in [2.45, 2.75) is 76.9 Å². The molecule has 1 saturated carbocycles. The maximum atomic E-state index is 13.3. The number of amides is 3. The molecule has 8 heteroatoms. The Morgan fingerprint density at radius 3 is 2.42 bits per heavy atom. The number of carbonyl (C=O) groups excluding carboxylic acids is 3. The summed E-state index contributed by atoms with van der Waals surface area (Å²) in [5, 5.41) is 10.4. The summed E-state index contributed by atoms with van der Waals surface area (Å²) in [4.78, 5) is 40.6. The van der Waals surface area contributed by atoms with Crippen LogP contribution in [0.5, 0.6) is 0 Å². The van der Waals surface area contributed by atoms with Crippen molar-refractivity contribution < 1.29 is 14.4 Å². The lowest BCUT2D eigenvalue weighted by Crippen LogP contribution is -2.63. The highest BCUT2D eigenvalue weighted by Crippen LogP contribution is 2.27. The van der Waals surface area contributed by atoms with Crippen molar-refractivity contribution >= 4 is 23.4 Å². The van der Waals surface area contributed by atoms with Gasteiger partial charge >= 0.3 is 0 Å². The molecule has 2 aliphatic rings. The van der Waals surface area contributed by atoms with Crippen LogP contribution in [-0.4, -0.2) is 51.0 Å². The molecule has 4 rings (SSSR count). The van der Waals surface area contributed by atoms with E-state index in [1.165, 1.54) is 34.1 Å². The highest BCUT2D eigenvalue weighted by molar-refractivity contribution is 6.05. The summed E-state index contributed by atoms with van der Waals surface area (Å²) < 4.78 is 1.49. The van der Waals surface area contributed by atoms with Crippen molar-refractivity contribution in [3.05, 3.63) is 47.3 Å². The van der Waals surface area contributed by atoms with Crippen molar-refractivity contribution in [3.8, 4) is 0 Å². The molecule has 0 unspecified atom stereocenters. The molecular weight excluding hydrogens is 418 g/mol. The van der Waals surface area contributed by atoms with Crippen molar-refractivity contribution in [3.63, 3.8) is 0 Å². The average molecular weight is 452 g/mol. The van der Waals surface area contributed by atoms with Crippen LogP contribution in [0.3, 0.4) is 0 Å². The van der Waals surface area contributed by atoms with Crippen molar-refractivity contribution in [1.29, 1.82) is 0 Å². The Labute approximate surface area is 194 Å². The number of nitrogens with zero attached hydrogens (tertiary/aromatic N) is 3. The molecule has 1 aliphatic heterocycles. The maximum absolute atomic E-state index is 13.3. The number of fused-ring (bicyclic) bond motifs is 1. The number of nitrogens with one attached hydrogen (secondary N) is 2. The predicted octanol–water partition coefficient (Wildman–Crippen LogP) is 3.38. The van der Waals surface area contributed by atoms with Crippen LogP contribution in [-0.2, 0) is 17.8 Å². The number of benzene rings is 1. The fraction of sp³-hybridized carbons (Fsp3) is 0.520. The summed E-state index contributed by atoms with van der Waals surface area (Å²) in [5.74, 6) is -0.881. The lowest BCUT2D eigenvalue weighted by Gasteiger charge is -2.41. The third kappa shape index (κ3) is 4.65. The summed E-state index contributed by atoms with van der Waals surface area (Å²) in [5.41, 5.74) is 1.23. The minimum absolute atomic E-state index is 0.139. The second-order valence-corrected chi connectivity index (χ2v) is 9.38. The number of likely N-dealkylation sites (N-methyl/N-ethyl adjacent to an activating group) is 1. The molecule has 2 heterocycles. The summed E-state index contributed by atoms with van der Waals surface area (Å²) in [6.07, 6.45) is 7.48. The third-order valence-electron chi connectivity index (χ3n) is 7.03. The minimum Gasteiger partial charge on any atom is -0.351 e. The fourth-order valence-corrected chi connectivity index (χ4v) is 4.62. The number of aromatic nitrogens is 2. The van der Waals surface area contributed by atoms with Gasteiger partial charge in [-0.2, -0.15) is 5.10 Å². The zero-order valence-electron chi connectivity index (χ0n) is 19.7. The topological polar surface area (TPSA) is 96.3 Å². The minimum atomic E-state index is -1.08. The molecule has 1 aromatic carbocycles. The summed E-state index contributed by atoms with van der Waals surface area (Å²) in [6.45, 7) is 4.03. The monoisotopic (exact) mass is 451 g/mol. The van der Waals surface area contributed by atoms with Gasteiger partial charge in [0.1, 0.15) is 11.2 Å². The second kappa shape index (κ2) is 9.37. The van der Waals surface area contributed by atoms with Crippen molar-refractivity contribution in [2.75, 3.05) is 12.4 Å². The first-order chi connectivity index (χ1) is 15.8. The van der Waals surface area contributed by atoms with E-state index in [0.29, 0.717) is 11.4 Å². The number of hydrogen-bond acceptors (Lipinski definition) is 4. The Kier molecular flexibility index (Phi) is 6.54. The van der Waals surface area contributed by atoms with Gasteiger partial charge in [-0.05, 0) is 43.9 Å². The van der Waals surface area contributed by atoms with Crippen LogP contribution in [0.1, 0.15) is 78.9 Å². The molecule has 8 nitrogen and oxygen atoms in total. The van der Waals surface area contributed by atoms with Crippen molar-refractivity contribution in [2.24, 2.45) is 0 Å². The Morgan fingerprint density at radius 1 is 1.12 bits per heavy atom. The molecule has 0 radical (unpaired) electrons. The quantitative estimate of drug-likeness (QED) is 0.681. The van der Waals surface area contributed by atoms with Crippen molar-refractivity contribution in [1.82, 2.24) is 20.0 Å². The lowest BCUT2D eigenvalue weighted by atomic mass is 9.95. The summed E-state index contributed by atoms with van der Waals surface area (Å²) in [6, 6.07) is 9.26. The van der Waals surface area contributed by atoms with E-state index < -0.39 is 5.54 Å². The van der Waals surface area contributed by atoms with Gasteiger partial charge < -0.3 is 15.5 Å².